The fourth-order valence-electron chi connectivity index (χ4n) is 4.39. The number of benzene rings is 3. The summed E-state index contributed by atoms with van der Waals surface area (Å²) in [6.07, 6.45) is -11.7. The number of hydrogen-bond acceptors (Lipinski definition) is 3. The molecule has 3 aromatic rings. The van der Waals surface area contributed by atoms with Gasteiger partial charge < -0.3 is 4.74 Å². The molecule has 3 aromatic carbocycles. The van der Waals surface area contributed by atoms with E-state index in [9.17, 15) is 26.3 Å². The average molecular weight is 543 g/mol. The van der Waals surface area contributed by atoms with E-state index in [-0.39, 0.29) is 12.8 Å². The molecule has 0 unspecified atom stereocenters. The standard InChI is InChI=1S/C27H24F6OS2/c28-26(29,30)25(27(31,32)33,20-10-4-1-5-11-20)34-21-16-18-24(19-17-21,35-22-12-6-2-7-13-22)36-23-14-8-3-9-15-23/h1-15,21H,16-19H2. The van der Waals surface area contributed by atoms with Gasteiger partial charge in [0, 0.05) is 15.4 Å². The molecule has 0 aliphatic heterocycles. The predicted molar refractivity (Wildman–Crippen MR) is 131 cm³/mol. The van der Waals surface area contributed by atoms with E-state index in [0.717, 1.165) is 34.1 Å². The van der Waals surface area contributed by atoms with Crippen molar-refractivity contribution in [2.75, 3.05) is 0 Å². The first-order chi connectivity index (χ1) is 17.0. The molecule has 0 spiro atoms. The first-order valence-electron chi connectivity index (χ1n) is 11.4. The second-order valence-corrected chi connectivity index (χ2v) is 11.8. The molecule has 0 aromatic heterocycles. The van der Waals surface area contributed by atoms with Crippen molar-refractivity contribution in [3.63, 3.8) is 0 Å². The van der Waals surface area contributed by atoms with Crippen LogP contribution < -0.4 is 0 Å². The van der Waals surface area contributed by atoms with Crippen molar-refractivity contribution in [3.05, 3.63) is 96.6 Å². The second-order valence-electron chi connectivity index (χ2n) is 8.60. The Balaban J connectivity index is 1.61. The third-order valence-electron chi connectivity index (χ3n) is 6.11. The van der Waals surface area contributed by atoms with Crippen molar-refractivity contribution in [2.24, 2.45) is 0 Å². The van der Waals surface area contributed by atoms with Gasteiger partial charge in [-0.15, -0.1) is 23.5 Å². The lowest BCUT2D eigenvalue weighted by atomic mass is 9.89. The summed E-state index contributed by atoms with van der Waals surface area (Å²) in [6.45, 7) is 0. The van der Waals surface area contributed by atoms with Crippen LogP contribution in [0.1, 0.15) is 31.2 Å². The van der Waals surface area contributed by atoms with Gasteiger partial charge in [0.05, 0.1) is 10.2 Å². The number of thioether (sulfide) groups is 2. The normalized spacial score (nSPS) is 17.2. The van der Waals surface area contributed by atoms with Gasteiger partial charge in [-0.05, 0) is 49.9 Å². The predicted octanol–water partition coefficient (Wildman–Crippen LogP) is 9.25. The van der Waals surface area contributed by atoms with Crippen molar-refractivity contribution >= 4 is 23.5 Å². The molecule has 0 heterocycles. The highest BCUT2D eigenvalue weighted by Gasteiger charge is 2.74. The van der Waals surface area contributed by atoms with Gasteiger partial charge in [0.15, 0.2) is 0 Å². The van der Waals surface area contributed by atoms with E-state index in [0.29, 0.717) is 12.8 Å². The minimum Gasteiger partial charge on any atom is -0.351 e. The third kappa shape index (κ3) is 5.73. The summed E-state index contributed by atoms with van der Waals surface area (Å²) >= 11 is 3.19. The maximum atomic E-state index is 14.2. The molecule has 0 bridgehead atoms. The lowest BCUT2D eigenvalue weighted by Gasteiger charge is -2.44. The highest BCUT2D eigenvalue weighted by Crippen LogP contribution is 2.57. The lowest BCUT2D eigenvalue weighted by molar-refractivity contribution is -0.400. The maximum Gasteiger partial charge on any atom is 0.430 e. The number of halogens is 6. The number of hydrogen-bond donors (Lipinski definition) is 0. The van der Waals surface area contributed by atoms with Crippen LogP contribution in [0, 0.1) is 0 Å². The third-order valence-corrected chi connectivity index (χ3v) is 9.19. The van der Waals surface area contributed by atoms with Crippen molar-refractivity contribution in [3.8, 4) is 0 Å². The zero-order valence-corrected chi connectivity index (χ0v) is 20.7. The molecule has 192 valence electrons. The van der Waals surface area contributed by atoms with Crippen molar-refractivity contribution in [1.29, 1.82) is 0 Å². The van der Waals surface area contributed by atoms with Crippen LogP contribution in [-0.4, -0.2) is 22.5 Å². The summed E-state index contributed by atoms with van der Waals surface area (Å²) in [5, 5.41) is 0. The molecule has 36 heavy (non-hydrogen) atoms. The van der Waals surface area contributed by atoms with Crippen LogP contribution in [0.25, 0.3) is 0 Å². The smallest absolute Gasteiger partial charge is 0.351 e. The van der Waals surface area contributed by atoms with Gasteiger partial charge in [-0.25, -0.2) is 0 Å². The first-order valence-corrected chi connectivity index (χ1v) is 13.0. The van der Waals surface area contributed by atoms with Crippen LogP contribution in [0.2, 0.25) is 0 Å². The van der Waals surface area contributed by atoms with Crippen LogP contribution in [0.4, 0.5) is 26.3 Å². The summed E-state index contributed by atoms with van der Waals surface area (Å²) in [4.78, 5) is 1.98. The summed E-state index contributed by atoms with van der Waals surface area (Å²) in [5.41, 5.74) is -5.34. The van der Waals surface area contributed by atoms with E-state index in [4.69, 9.17) is 4.74 Å². The highest BCUT2D eigenvalue weighted by atomic mass is 32.2. The van der Waals surface area contributed by atoms with Gasteiger partial charge in [-0.3, -0.25) is 0 Å². The molecule has 0 N–H and O–H groups in total. The minimum absolute atomic E-state index is 0.0699. The molecule has 0 amide bonds. The van der Waals surface area contributed by atoms with E-state index >= 15 is 0 Å². The Labute approximate surface area is 214 Å². The van der Waals surface area contributed by atoms with Gasteiger partial charge in [0.25, 0.3) is 5.60 Å². The average Bonchev–Trinajstić information content (AvgIpc) is 2.84. The van der Waals surface area contributed by atoms with Crippen LogP contribution in [-0.2, 0) is 10.3 Å². The molecule has 1 saturated carbocycles. The molecule has 0 radical (unpaired) electrons. The molecule has 4 rings (SSSR count). The quantitative estimate of drug-likeness (QED) is 0.218. The topological polar surface area (TPSA) is 9.23 Å². The van der Waals surface area contributed by atoms with Gasteiger partial charge in [0.1, 0.15) is 0 Å². The Morgan fingerprint density at radius 3 is 1.39 bits per heavy atom. The summed E-state index contributed by atoms with van der Waals surface area (Å²) in [5.74, 6) is 0. The molecule has 1 aliphatic carbocycles. The molecular formula is C27H24F6OS2. The SMILES string of the molecule is FC(F)(F)C(OC1CCC(Sc2ccccc2)(Sc2ccccc2)CC1)(c1ccccc1)C(F)(F)F. The summed E-state index contributed by atoms with van der Waals surface area (Å²) in [6, 6.07) is 24.5. The van der Waals surface area contributed by atoms with Crippen LogP contribution >= 0.6 is 23.5 Å². The highest BCUT2D eigenvalue weighted by molar-refractivity contribution is 8.18. The fraction of sp³-hybridized carbons (Fsp3) is 0.333. The van der Waals surface area contributed by atoms with Gasteiger partial charge in [-0.1, -0.05) is 66.7 Å². The number of ether oxygens (including phenoxy) is 1. The molecule has 1 fully saturated rings. The Morgan fingerprint density at radius 2 is 1.00 bits per heavy atom. The summed E-state index contributed by atoms with van der Waals surface area (Å²) < 4.78 is 89.8. The lowest BCUT2D eigenvalue weighted by Crippen LogP contribution is -2.57. The molecule has 9 heteroatoms. The molecular weight excluding hydrogens is 518 g/mol. The Hall–Kier alpha value is -2.10. The van der Waals surface area contributed by atoms with Gasteiger partial charge in [0.2, 0.25) is 0 Å². The van der Waals surface area contributed by atoms with Crippen LogP contribution in [0.5, 0.6) is 0 Å². The van der Waals surface area contributed by atoms with E-state index in [1.165, 1.54) is 6.07 Å². The molecule has 0 atom stereocenters. The summed E-state index contributed by atoms with van der Waals surface area (Å²) in [7, 11) is 0. The van der Waals surface area contributed by atoms with E-state index < -0.39 is 33.7 Å². The monoisotopic (exact) mass is 542 g/mol. The van der Waals surface area contributed by atoms with E-state index in [1.807, 2.05) is 60.7 Å². The zero-order chi connectivity index (χ0) is 25.9. The largest absolute Gasteiger partial charge is 0.430 e. The Kier molecular flexibility index (Phi) is 8.02. The molecule has 0 saturated heterocycles. The molecule has 1 nitrogen and oxygen atoms in total. The van der Waals surface area contributed by atoms with Crippen LogP contribution in [0.3, 0.4) is 0 Å². The van der Waals surface area contributed by atoms with Crippen molar-refractivity contribution < 1.29 is 31.1 Å². The number of rotatable bonds is 7. The fourth-order valence-corrected chi connectivity index (χ4v) is 7.46. The van der Waals surface area contributed by atoms with Gasteiger partial charge in [-0.2, -0.15) is 26.3 Å². The van der Waals surface area contributed by atoms with Crippen LogP contribution in [0.15, 0.2) is 101 Å². The zero-order valence-electron chi connectivity index (χ0n) is 19.1. The molecule has 1 aliphatic rings. The Bertz CT molecular complexity index is 1040. The van der Waals surface area contributed by atoms with Gasteiger partial charge >= 0.3 is 12.4 Å². The van der Waals surface area contributed by atoms with E-state index in [1.54, 1.807) is 23.5 Å². The maximum absolute atomic E-state index is 14.2. The van der Waals surface area contributed by atoms with E-state index in [2.05, 4.69) is 0 Å². The minimum atomic E-state index is -5.68. The van der Waals surface area contributed by atoms with Crippen molar-refractivity contribution in [1.82, 2.24) is 0 Å². The number of alkyl halides is 6. The first kappa shape index (κ1) is 26.9. The van der Waals surface area contributed by atoms with Crippen molar-refractivity contribution in [2.45, 2.75) is 63.6 Å². The Morgan fingerprint density at radius 1 is 0.611 bits per heavy atom. The second kappa shape index (κ2) is 10.7.